The molecule has 0 unspecified atom stereocenters. The van der Waals surface area contributed by atoms with Crippen molar-refractivity contribution in [1.29, 1.82) is 0 Å². The van der Waals surface area contributed by atoms with Crippen LogP contribution in [0.5, 0.6) is 5.75 Å². The van der Waals surface area contributed by atoms with Crippen LogP contribution in [0, 0.1) is 12.7 Å². The van der Waals surface area contributed by atoms with E-state index >= 15 is 0 Å². The minimum absolute atomic E-state index is 0.0805. The molecule has 0 bridgehead atoms. The first kappa shape index (κ1) is 28.0. The van der Waals surface area contributed by atoms with Crippen molar-refractivity contribution in [2.45, 2.75) is 45.0 Å². The van der Waals surface area contributed by atoms with Crippen LogP contribution in [0.1, 0.15) is 35.8 Å². The molecule has 1 saturated heterocycles. The van der Waals surface area contributed by atoms with Gasteiger partial charge in [-0.1, -0.05) is 24.3 Å². The minimum Gasteiger partial charge on any atom is -0.497 e. The Hall–Kier alpha value is -4.58. The van der Waals surface area contributed by atoms with E-state index in [0.717, 1.165) is 23.2 Å². The van der Waals surface area contributed by atoms with Gasteiger partial charge in [-0.3, -0.25) is 9.59 Å². The van der Waals surface area contributed by atoms with E-state index in [4.69, 9.17) is 13.9 Å². The predicted octanol–water partition coefficient (Wildman–Crippen LogP) is 3.45. The van der Waals surface area contributed by atoms with Gasteiger partial charge in [-0.25, -0.2) is 4.39 Å². The number of hydrogen-bond acceptors (Lipinski definition) is 8. The highest BCUT2D eigenvalue weighted by atomic mass is 19.1. The largest absolute Gasteiger partial charge is 0.497 e. The SMILES string of the molecule is COc1ccc(CN(C(=O)Cn2nnc(-c3ccc(C)o3)n2)[C@H](C(=O)NC[C@@H]2CCCO2)c2ccc(F)cc2)cc1. The van der Waals surface area contributed by atoms with Gasteiger partial charge in [-0.2, -0.15) is 4.80 Å². The highest BCUT2D eigenvalue weighted by molar-refractivity contribution is 5.88. The smallest absolute Gasteiger partial charge is 0.247 e. The van der Waals surface area contributed by atoms with Crippen molar-refractivity contribution in [3.8, 4) is 17.3 Å². The number of halogens is 1. The first-order chi connectivity index (χ1) is 19.9. The molecule has 1 aliphatic rings. The molecule has 4 aromatic rings. The Kier molecular flexibility index (Phi) is 8.68. The predicted molar refractivity (Wildman–Crippen MR) is 145 cm³/mol. The van der Waals surface area contributed by atoms with Crippen LogP contribution >= 0.6 is 0 Å². The molecule has 214 valence electrons. The summed E-state index contributed by atoms with van der Waals surface area (Å²) in [4.78, 5) is 30.2. The van der Waals surface area contributed by atoms with Crippen LogP contribution in [0.15, 0.2) is 65.1 Å². The number of benzene rings is 2. The van der Waals surface area contributed by atoms with Crippen molar-refractivity contribution in [3.63, 3.8) is 0 Å². The van der Waals surface area contributed by atoms with Crippen LogP contribution in [0.4, 0.5) is 4.39 Å². The third-order valence-corrected chi connectivity index (χ3v) is 6.80. The van der Waals surface area contributed by atoms with Crippen LogP contribution in [0.25, 0.3) is 11.6 Å². The lowest BCUT2D eigenvalue weighted by atomic mass is 10.0. The number of hydrogen-bond donors (Lipinski definition) is 1. The van der Waals surface area contributed by atoms with Crippen LogP contribution in [-0.2, 0) is 27.4 Å². The summed E-state index contributed by atoms with van der Waals surface area (Å²) in [5.41, 5.74) is 1.22. The number of carbonyl (C=O) groups excluding carboxylic acids is 2. The molecule has 0 saturated carbocycles. The van der Waals surface area contributed by atoms with Crippen molar-refractivity contribution >= 4 is 11.8 Å². The molecule has 2 atom stereocenters. The van der Waals surface area contributed by atoms with Gasteiger partial charge in [-0.05, 0) is 72.5 Å². The lowest BCUT2D eigenvalue weighted by Crippen LogP contribution is -2.46. The Morgan fingerprint density at radius 3 is 2.59 bits per heavy atom. The normalized spacial score (nSPS) is 15.4. The van der Waals surface area contributed by atoms with Gasteiger partial charge in [0, 0.05) is 19.7 Å². The summed E-state index contributed by atoms with van der Waals surface area (Å²) in [5.74, 6) is 0.700. The summed E-state index contributed by atoms with van der Waals surface area (Å²) < 4.78 is 30.3. The average Bonchev–Trinajstić information content (AvgIpc) is 3.76. The van der Waals surface area contributed by atoms with Crippen molar-refractivity contribution < 1.29 is 27.9 Å². The topological polar surface area (TPSA) is 125 Å². The number of nitrogens with one attached hydrogen (secondary N) is 1. The molecule has 11 nitrogen and oxygen atoms in total. The molecule has 41 heavy (non-hydrogen) atoms. The number of furan rings is 1. The first-order valence-electron chi connectivity index (χ1n) is 13.3. The Labute approximate surface area is 236 Å². The quantitative estimate of drug-likeness (QED) is 0.295. The summed E-state index contributed by atoms with van der Waals surface area (Å²) >= 11 is 0. The van der Waals surface area contributed by atoms with Gasteiger partial charge in [0.2, 0.25) is 17.6 Å². The lowest BCUT2D eigenvalue weighted by molar-refractivity contribution is -0.142. The molecule has 12 heteroatoms. The fraction of sp³-hybridized carbons (Fsp3) is 0.345. The van der Waals surface area contributed by atoms with Gasteiger partial charge in [-0.15, -0.1) is 10.2 Å². The number of rotatable bonds is 11. The van der Waals surface area contributed by atoms with Crippen LogP contribution in [0.2, 0.25) is 0 Å². The number of aromatic nitrogens is 4. The molecular formula is C29H31FN6O5. The van der Waals surface area contributed by atoms with Crippen LogP contribution in [-0.4, -0.2) is 63.3 Å². The Balaban J connectivity index is 1.45. The van der Waals surface area contributed by atoms with Crippen LogP contribution in [0.3, 0.4) is 0 Å². The van der Waals surface area contributed by atoms with E-state index in [9.17, 15) is 14.0 Å². The maximum Gasteiger partial charge on any atom is 0.247 e. The molecule has 1 N–H and O–H groups in total. The summed E-state index contributed by atoms with van der Waals surface area (Å²) in [6.45, 7) is 2.54. The summed E-state index contributed by atoms with van der Waals surface area (Å²) in [7, 11) is 1.57. The molecule has 2 aromatic heterocycles. The van der Waals surface area contributed by atoms with E-state index in [2.05, 4.69) is 20.7 Å². The number of tetrazole rings is 1. The average molecular weight is 563 g/mol. The number of methoxy groups -OCH3 is 1. The zero-order chi connectivity index (χ0) is 28.8. The van der Waals surface area contributed by atoms with E-state index in [0.29, 0.717) is 36.0 Å². The molecular weight excluding hydrogens is 531 g/mol. The van der Waals surface area contributed by atoms with E-state index < -0.39 is 23.7 Å². The maximum absolute atomic E-state index is 13.9. The van der Waals surface area contributed by atoms with Crippen molar-refractivity contribution in [1.82, 2.24) is 30.4 Å². The van der Waals surface area contributed by atoms with Crippen molar-refractivity contribution in [2.75, 3.05) is 20.3 Å². The summed E-state index contributed by atoms with van der Waals surface area (Å²) in [6, 6.07) is 15.2. The third kappa shape index (κ3) is 6.95. The van der Waals surface area contributed by atoms with E-state index in [1.807, 2.05) is 12.1 Å². The van der Waals surface area contributed by atoms with Gasteiger partial charge in [0.05, 0.1) is 13.2 Å². The fourth-order valence-electron chi connectivity index (χ4n) is 4.66. The summed E-state index contributed by atoms with van der Waals surface area (Å²) in [5, 5.41) is 15.2. The second kappa shape index (κ2) is 12.7. The number of ether oxygens (including phenoxy) is 2. The van der Waals surface area contributed by atoms with Gasteiger partial charge in [0.15, 0.2) is 5.76 Å². The van der Waals surface area contributed by atoms with Crippen LogP contribution < -0.4 is 10.1 Å². The highest BCUT2D eigenvalue weighted by Crippen LogP contribution is 2.26. The third-order valence-electron chi connectivity index (χ3n) is 6.80. The monoisotopic (exact) mass is 562 g/mol. The molecule has 0 radical (unpaired) electrons. The van der Waals surface area contributed by atoms with E-state index in [1.54, 1.807) is 38.3 Å². The van der Waals surface area contributed by atoms with E-state index in [-0.39, 0.29) is 25.0 Å². The number of aryl methyl sites for hydroxylation is 1. The lowest BCUT2D eigenvalue weighted by Gasteiger charge is -2.31. The molecule has 3 heterocycles. The second-order valence-corrected chi connectivity index (χ2v) is 9.76. The van der Waals surface area contributed by atoms with E-state index in [1.165, 1.54) is 29.2 Å². The standard InChI is InChI=1S/C29H31FN6O5/c1-19-5-14-25(41-19)28-32-34-36(33-28)18-26(37)35(17-20-6-12-23(39-2)13-7-20)27(21-8-10-22(30)11-9-21)29(38)31-16-24-4-3-15-40-24/h5-14,24,27H,3-4,15-18H2,1-2H3,(H,31,38)/t24-,27-/m0/s1. The number of amides is 2. The Bertz CT molecular complexity index is 1460. The van der Waals surface area contributed by atoms with Gasteiger partial charge < -0.3 is 24.1 Å². The maximum atomic E-state index is 13.9. The molecule has 1 aliphatic heterocycles. The molecule has 1 fully saturated rings. The molecule has 0 aliphatic carbocycles. The Morgan fingerprint density at radius 1 is 1.15 bits per heavy atom. The second-order valence-electron chi connectivity index (χ2n) is 9.76. The fourth-order valence-corrected chi connectivity index (χ4v) is 4.66. The van der Waals surface area contributed by atoms with Gasteiger partial charge in [0.25, 0.3) is 0 Å². The number of nitrogens with zero attached hydrogens (tertiary/aromatic N) is 5. The molecule has 5 rings (SSSR count). The minimum atomic E-state index is -1.07. The molecule has 2 aromatic carbocycles. The van der Waals surface area contributed by atoms with Gasteiger partial charge in [0.1, 0.15) is 29.9 Å². The van der Waals surface area contributed by atoms with Crippen molar-refractivity contribution in [3.05, 3.63) is 83.4 Å². The zero-order valence-electron chi connectivity index (χ0n) is 22.8. The highest BCUT2D eigenvalue weighted by Gasteiger charge is 2.33. The Morgan fingerprint density at radius 2 is 1.93 bits per heavy atom. The number of carbonyl (C=O) groups is 2. The molecule has 0 spiro atoms. The molecule has 2 amide bonds. The zero-order valence-corrected chi connectivity index (χ0v) is 22.8. The van der Waals surface area contributed by atoms with Gasteiger partial charge >= 0.3 is 0 Å². The summed E-state index contributed by atoms with van der Waals surface area (Å²) in [6.07, 6.45) is 1.67. The first-order valence-corrected chi connectivity index (χ1v) is 13.3. The van der Waals surface area contributed by atoms with Crippen molar-refractivity contribution in [2.24, 2.45) is 0 Å².